The van der Waals surface area contributed by atoms with Crippen LogP contribution in [0, 0.1) is 5.92 Å². The smallest absolute Gasteiger partial charge is 0.169 e. The van der Waals surface area contributed by atoms with Crippen molar-refractivity contribution in [2.45, 2.75) is 19.8 Å². The molecule has 5 heteroatoms. The first-order chi connectivity index (χ1) is 11.7. The molecule has 0 spiro atoms. The number of rotatable bonds is 3. The Morgan fingerprint density at radius 2 is 2.12 bits per heavy atom. The number of Topliss-reactive ketones (excluding diaryl/α,β-unsaturated/α-hetero) is 1. The number of hydrogen-bond acceptors (Lipinski definition) is 5. The summed E-state index contributed by atoms with van der Waals surface area (Å²) < 4.78 is 0. The van der Waals surface area contributed by atoms with E-state index in [4.69, 9.17) is 0 Å². The van der Waals surface area contributed by atoms with Crippen molar-refractivity contribution in [3.05, 3.63) is 35.5 Å². The molecule has 2 fully saturated rings. The van der Waals surface area contributed by atoms with Gasteiger partial charge >= 0.3 is 0 Å². The maximum Gasteiger partial charge on any atom is 0.169 e. The van der Waals surface area contributed by atoms with Gasteiger partial charge in [-0.25, -0.2) is 0 Å². The number of carbonyl (C=O) groups excluding carboxylic acids is 1. The van der Waals surface area contributed by atoms with Crippen molar-refractivity contribution >= 4 is 22.8 Å². The molecule has 4 heterocycles. The number of aromatic nitrogens is 1. The SMILES string of the molecule is CC(=O)c1ccc(-c2cncc(N3CCN4CCCC(C4)C3)c2)s1. The number of hydrogen-bond donors (Lipinski definition) is 0. The van der Waals surface area contributed by atoms with Gasteiger partial charge in [-0.1, -0.05) is 0 Å². The van der Waals surface area contributed by atoms with E-state index in [9.17, 15) is 4.79 Å². The van der Waals surface area contributed by atoms with Gasteiger partial charge in [0.2, 0.25) is 0 Å². The van der Waals surface area contributed by atoms with E-state index in [1.54, 1.807) is 18.3 Å². The summed E-state index contributed by atoms with van der Waals surface area (Å²) in [5.41, 5.74) is 2.32. The molecule has 2 unspecified atom stereocenters. The number of piperidine rings is 1. The molecule has 126 valence electrons. The van der Waals surface area contributed by atoms with Crippen LogP contribution in [0.5, 0.6) is 0 Å². The Morgan fingerprint density at radius 1 is 1.21 bits per heavy atom. The van der Waals surface area contributed by atoms with E-state index >= 15 is 0 Å². The fourth-order valence-electron chi connectivity index (χ4n) is 3.82. The van der Waals surface area contributed by atoms with Crippen molar-refractivity contribution in [2.24, 2.45) is 5.92 Å². The molecular weight excluding hydrogens is 318 g/mol. The van der Waals surface area contributed by atoms with Gasteiger partial charge in [-0.05, 0) is 50.4 Å². The molecular formula is C19H23N3OS. The molecule has 2 bridgehead atoms. The van der Waals surface area contributed by atoms with Crippen molar-refractivity contribution in [2.75, 3.05) is 37.6 Å². The first kappa shape index (κ1) is 15.8. The average Bonchev–Trinajstić information content (AvgIpc) is 3.04. The highest BCUT2D eigenvalue weighted by Gasteiger charge is 2.26. The predicted molar refractivity (Wildman–Crippen MR) is 98.9 cm³/mol. The van der Waals surface area contributed by atoms with Crippen molar-refractivity contribution < 1.29 is 4.79 Å². The van der Waals surface area contributed by atoms with Gasteiger partial charge in [0.25, 0.3) is 0 Å². The molecule has 2 aliphatic rings. The highest BCUT2D eigenvalue weighted by Crippen LogP contribution is 2.31. The Balaban J connectivity index is 1.58. The average molecular weight is 341 g/mol. The summed E-state index contributed by atoms with van der Waals surface area (Å²) in [5.74, 6) is 0.903. The third-order valence-corrected chi connectivity index (χ3v) is 6.33. The quantitative estimate of drug-likeness (QED) is 0.800. The van der Waals surface area contributed by atoms with E-state index in [1.807, 2.05) is 24.5 Å². The molecule has 4 nitrogen and oxygen atoms in total. The van der Waals surface area contributed by atoms with E-state index < -0.39 is 0 Å². The maximum atomic E-state index is 11.5. The van der Waals surface area contributed by atoms with E-state index in [0.29, 0.717) is 0 Å². The largest absolute Gasteiger partial charge is 0.369 e. The molecule has 2 aromatic heterocycles. The first-order valence-corrected chi connectivity index (χ1v) is 9.54. The summed E-state index contributed by atoms with van der Waals surface area (Å²) in [7, 11) is 0. The lowest BCUT2D eigenvalue weighted by Crippen LogP contribution is -2.35. The van der Waals surface area contributed by atoms with Crippen LogP contribution in [0.4, 0.5) is 5.69 Å². The summed E-state index contributed by atoms with van der Waals surface area (Å²) in [6.45, 7) is 7.47. The van der Waals surface area contributed by atoms with Crippen LogP contribution in [-0.2, 0) is 0 Å². The Kier molecular flexibility index (Phi) is 4.37. The number of nitrogens with zero attached hydrogens (tertiary/aromatic N) is 3. The second-order valence-electron chi connectivity index (χ2n) is 6.91. The molecule has 0 N–H and O–H groups in total. The Bertz CT molecular complexity index is 742. The molecule has 24 heavy (non-hydrogen) atoms. The van der Waals surface area contributed by atoms with Crippen LogP contribution in [0.3, 0.4) is 0 Å². The molecule has 2 aliphatic heterocycles. The third-order valence-electron chi connectivity index (χ3n) is 5.09. The van der Waals surface area contributed by atoms with E-state index in [2.05, 4.69) is 20.9 Å². The second-order valence-corrected chi connectivity index (χ2v) is 7.99. The van der Waals surface area contributed by atoms with Crippen molar-refractivity contribution in [3.8, 4) is 10.4 Å². The molecule has 0 amide bonds. The molecule has 2 aromatic rings. The van der Waals surface area contributed by atoms with Gasteiger partial charge in [0.05, 0.1) is 16.8 Å². The Morgan fingerprint density at radius 3 is 2.96 bits per heavy atom. The van der Waals surface area contributed by atoms with E-state index in [0.717, 1.165) is 40.9 Å². The van der Waals surface area contributed by atoms with Crippen LogP contribution in [0.1, 0.15) is 29.4 Å². The van der Waals surface area contributed by atoms with Crippen LogP contribution in [-0.4, -0.2) is 48.4 Å². The fourth-order valence-corrected chi connectivity index (χ4v) is 4.70. The van der Waals surface area contributed by atoms with Gasteiger partial charge in [0.1, 0.15) is 0 Å². The van der Waals surface area contributed by atoms with Gasteiger partial charge in [-0.15, -0.1) is 11.3 Å². The molecule has 0 saturated carbocycles. The van der Waals surface area contributed by atoms with Crippen molar-refractivity contribution in [3.63, 3.8) is 0 Å². The lowest BCUT2D eigenvalue weighted by Gasteiger charge is -2.29. The molecule has 2 atom stereocenters. The van der Waals surface area contributed by atoms with Crippen LogP contribution in [0.2, 0.25) is 0 Å². The molecule has 4 rings (SSSR count). The molecule has 0 radical (unpaired) electrons. The topological polar surface area (TPSA) is 36.4 Å². The lowest BCUT2D eigenvalue weighted by molar-refractivity contribution is 0.102. The van der Waals surface area contributed by atoms with Gasteiger partial charge in [0, 0.05) is 42.8 Å². The Labute approximate surface area is 147 Å². The second kappa shape index (κ2) is 6.65. The molecule has 0 aliphatic carbocycles. The van der Waals surface area contributed by atoms with Crippen LogP contribution in [0.25, 0.3) is 10.4 Å². The zero-order valence-corrected chi connectivity index (χ0v) is 14.9. The highest BCUT2D eigenvalue weighted by atomic mass is 32.1. The van der Waals surface area contributed by atoms with Crippen molar-refractivity contribution in [1.29, 1.82) is 0 Å². The minimum absolute atomic E-state index is 0.129. The Hall–Kier alpha value is -1.72. The van der Waals surface area contributed by atoms with Crippen LogP contribution < -0.4 is 4.90 Å². The number of pyridine rings is 1. The number of thiophene rings is 1. The minimum atomic E-state index is 0.129. The van der Waals surface area contributed by atoms with E-state index in [-0.39, 0.29) is 5.78 Å². The summed E-state index contributed by atoms with van der Waals surface area (Å²) >= 11 is 1.55. The van der Waals surface area contributed by atoms with Gasteiger partial charge < -0.3 is 9.80 Å². The minimum Gasteiger partial charge on any atom is -0.369 e. The fraction of sp³-hybridized carbons (Fsp3) is 0.474. The van der Waals surface area contributed by atoms with Gasteiger partial charge in [-0.3, -0.25) is 9.78 Å². The highest BCUT2D eigenvalue weighted by molar-refractivity contribution is 7.17. The standard InChI is InChI=1S/C19H23N3OS/c1-14(23)18-4-5-19(24-18)16-9-17(11-20-10-16)22-8-7-21-6-2-3-15(12-21)13-22/h4-5,9-11,15H,2-3,6-8,12-13H2,1H3. The monoisotopic (exact) mass is 341 g/mol. The molecule has 0 aromatic carbocycles. The number of anilines is 1. The van der Waals surface area contributed by atoms with Gasteiger partial charge in [-0.2, -0.15) is 0 Å². The summed E-state index contributed by atoms with van der Waals surface area (Å²) in [6, 6.07) is 6.17. The van der Waals surface area contributed by atoms with Crippen molar-refractivity contribution in [1.82, 2.24) is 9.88 Å². The summed E-state index contributed by atoms with van der Waals surface area (Å²) in [6.07, 6.45) is 6.55. The summed E-state index contributed by atoms with van der Waals surface area (Å²) in [5, 5.41) is 0. The zero-order chi connectivity index (χ0) is 16.5. The predicted octanol–water partition coefficient (Wildman–Crippen LogP) is 3.54. The third kappa shape index (κ3) is 3.23. The number of fused-ring (bicyclic) bond motifs is 2. The number of carbonyl (C=O) groups is 1. The first-order valence-electron chi connectivity index (χ1n) is 8.72. The normalized spacial score (nSPS) is 23.8. The summed E-state index contributed by atoms with van der Waals surface area (Å²) in [4.78, 5) is 23.0. The van der Waals surface area contributed by atoms with Crippen LogP contribution >= 0.6 is 11.3 Å². The van der Waals surface area contributed by atoms with Gasteiger partial charge in [0.15, 0.2) is 5.78 Å². The lowest BCUT2D eigenvalue weighted by atomic mass is 9.98. The zero-order valence-electron chi connectivity index (χ0n) is 14.1. The van der Waals surface area contributed by atoms with E-state index in [1.165, 1.54) is 31.6 Å². The number of ketones is 1. The van der Waals surface area contributed by atoms with Crippen LogP contribution in [0.15, 0.2) is 30.6 Å². The maximum absolute atomic E-state index is 11.5. The molecule has 2 saturated heterocycles.